The van der Waals surface area contributed by atoms with Crippen LogP contribution in [0.1, 0.15) is 19.0 Å². The van der Waals surface area contributed by atoms with Gasteiger partial charge < -0.3 is 10.7 Å². The number of rotatable bonds is 3. The van der Waals surface area contributed by atoms with E-state index in [1.54, 1.807) is 23.6 Å². The number of carbonyl (C=O) groups excluding carboxylic acids is 1. The molecule has 1 aromatic carbocycles. The number of benzene rings is 1. The minimum atomic E-state index is -0.407. The minimum Gasteiger partial charge on any atom is -0.334 e. The van der Waals surface area contributed by atoms with Crippen LogP contribution in [0.3, 0.4) is 0 Å². The zero-order valence-electron chi connectivity index (χ0n) is 14.0. The Morgan fingerprint density at radius 2 is 2.16 bits per heavy atom. The van der Waals surface area contributed by atoms with Crippen molar-refractivity contribution in [2.75, 3.05) is 23.0 Å². The SMILES string of the molecule is Cc1nnc(SCC(=O)N2CC[C@H](C)Sc3ccccc32)n(N)c1=O. The van der Waals surface area contributed by atoms with Crippen LogP contribution in [0.25, 0.3) is 0 Å². The molecule has 1 aliphatic heterocycles. The van der Waals surface area contributed by atoms with Crippen molar-refractivity contribution in [2.24, 2.45) is 0 Å². The van der Waals surface area contributed by atoms with Crippen LogP contribution >= 0.6 is 23.5 Å². The number of nitrogens with zero attached hydrogens (tertiary/aromatic N) is 4. The molecule has 1 aromatic heterocycles. The molecule has 1 aliphatic rings. The number of fused-ring (bicyclic) bond motifs is 1. The summed E-state index contributed by atoms with van der Waals surface area (Å²) >= 11 is 2.91. The van der Waals surface area contributed by atoms with Gasteiger partial charge in [-0.25, -0.2) is 0 Å². The molecule has 7 nitrogen and oxygen atoms in total. The number of nitrogen functional groups attached to an aromatic ring is 1. The van der Waals surface area contributed by atoms with E-state index < -0.39 is 5.56 Å². The van der Waals surface area contributed by atoms with Crippen molar-refractivity contribution in [3.05, 3.63) is 40.3 Å². The largest absolute Gasteiger partial charge is 0.334 e. The summed E-state index contributed by atoms with van der Waals surface area (Å²) in [6.07, 6.45) is 0.918. The fourth-order valence-electron chi connectivity index (χ4n) is 2.52. The average molecular weight is 377 g/mol. The third-order valence-corrected chi connectivity index (χ3v) is 6.05. The standard InChI is InChI=1S/C16H19N5O2S2/c1-10-7-8-20(12-5-3-4-6-13(12)25-10)14(22)9-24-16-19-18-11(2)15(23)21(16)17/h3-6,10H,7-9,17H2,1-2H3/t10-/m0/s1. The van der Waals surface area contributed by atoms with Gasteiger partial charge in [-0.1, -0.05) is 30.8 Å². The van der Waals surface area contributed by atoms with E-state index in [1.807, 2.05) is 24.3 Å². The molecule has 0 spiro atoms. The van der Waals surface area contributed by atoms with Gasteiger partial charge in [-0.15, -0.1) is 22.0 Å². The topological polar surface area (TPSA) is 94.1 Å². The van der Waals surface area contributed by atoms with E-state index in [4.69, 9.17) is 5.84 Å². The Bertz CT molecular complexity index is 855. The lowest BCUT2D eigenvalue weighted by Gasteiger charge is -2.22. The molecule has 0 saturated heterocycles. The van der Waals surface area contributed by atoms with E-state index in [2.05, 4.69) is 17.1 Å². The Labute approximate surface area is 154 Å². The summed E-state index contributed by atoms with van der Waals surface area (Å²) in [4.78, 5) is 27.5. The van der Waals surface area contributed by atoms with E-state index in [9.17, 15) is 9.59 Å². The van der Waals surface area contributed by atoms with Crippen molar-refractivity contribution in [1.82, 2.24) is 14.9 Å². The second-order valence-electron chi connectivity index (χ2n) is 5.76. The Hall–Kier alpha value is -2.00. The normalized spacial score (nSPS) is 17.0. The van der Waals surface area contributed by atoms with E-state index in [-0.39, 0.29) is 22.5 Å². The van der Waals surface area contributed by atoms with Gasteiger partial charge in [0.05, 0.1) is 11.4 Å². The predicted octanol–water partition coefficient (Wildman–Crippen LogP) is 1.67. The number of aryl methyl sites for hydroxylation is 1. The molecule has 25 heavy (non-hydrogen) atoms. The Kier molecular flexibility index (Phi) is 5.33. The number of para-hydroxylation sites is 1. The first-order valence-corrected chi connectivity index (χ1v) is 9.74. The molecule has 0 bridgehead atoms. The summed E-state index contributed by atoms with van der Waals surface area (Å²) in [5.74, 6) is 5.82. The highest BCUT2D eigenvalue weighted by Gasteiger charge is 2.24. The van der Waals surface area contributed by atoms with Crippen LogP contribution in [-0.4, -0.2) is 38.3 Å². The summed E-state index contributed by atoms with van der Waals surface area (Å²) in [5, 5.41) is 8.36. The van der Waals surface area contributed by atoms with Gasteiger partial charge >= 0.3 is 0 Å². The molecule has 0 fully saturated rings. The summed E-state index contributed by atoms with van der Waals surface area (Å²) < 4.78 is 0.939. The average Bonchev–Trinajstić information content (AvgIpc) is 2.77. The Balaban J connectivity index is 1.78. The smallest absolute Gasteiger partial charge is 0.294 e. The second-order valence-corrected chi connectivity index (χ2v) is 8.18. The molecule has 132 valence electrons. The molecule has 1 atom stereocenters. The van der Waals surface area contributed by atoms with Gasteiger partial charge in [-0.2, -0.15) is 4.68 Å². The van der Waals surface area contributed by atoms with E-state index in [1.165, 1.54) is 0 Å². The predicted molar refractivity (Wildman–Crippen MR) is 101 cm³/mol. The molecule has 9 heteroatoms. The van der Waals surface area contributed by atoms with Crippen molar-refractivity contribution in [3.8, 4) is 0 Å². The van der Waals surface area contributed by atoms with Gasteiger partial charge in [0.2, 0.25) is 11.1 Å². The highest BCUT2D eigenvalue weighted by molar-refractivity contribution is 8.00. The van der Waals surface area contributed by atoms with Crippen LogP contribution in [0.4, 0.5) is 5.69 Å². The van der Waals surface area contributed by atoms with E-state index in [0.717, 1.165) is 33.4 Å². The quantitative estimate of drug-likeness (QED) is 0.642. The molecule has 0 unspecified atom stereocenters. The van der Waals surface area contributed by atoms with Gasteiger partial charge in [0.1, 0.15) is 5.69 Å². The maximum Gasteiger partial charge on any atom is 0.294 e. The maximum atomic E-state index is 12.8. The lowest BCUT2D eigenvalue weighted by molar-refractivity contribution is -0.116. The van der Waals surface area contributed by atoms with Gasteiger partial charge in [0.25, 0.3) is 5.56 Å². The summed E-state index contributed by atoms with van der Waals surface area (Å²) in [5.41, 5.74) is 0.753. The molecule has 2 N–H and O–H groups in total. The Morgan fingerprint density at radius 1 is 1.40 bits per heavy atom. The maximum absolute atomic E-state index is 12.8. The van der Waals surface area contributed by atoms with Crippen molar-refractivity contribution in [2.45, 2.75) is 35.6 Å². The number of anilines is 1. The minimum absolute atomic E-state index is 0.0398. The van der Waals surface area contributed by atoms with Crippen LogP contribution in [-0.2, 0) is 4.79 Å². The summed E-state index contributed by atoms with van der Waals surface area (Å²) in [6, 6.07) is 7.92. The monoisotopic (exact) mass is 377 g/mol. The molecular weight excluding hydrogens is 358 g/mol. The number of amides is 1. The Morgan fingerprint density at radius 3 is 2.96 bits per heavy atom. The lowest BCUT2D eigenvalue weighted by atomic mass is 10.2. The summed E-state index contributed by atoms with van der Waals surface area (Å²) in [6.45, 7) is 4.38. The van der Waals surface area contributed by atoms with Crippen molar-refractivity contribution in [3.63, 3.8) is 0 Å². The number of carbonyl (C=O) groups is 1. The zero-order chi connectivity index (χ0) is 18.0. The fourth-order valence-corrected chi connectivity index (χ4v) is 4.36. The molecule has 2 aromatic rings. The van der Waals surface area contributed by atoms with E-state index >= 15 is 0 Å². The van der Waals surface area contributed by atoms with Crippen LogP contribution in [0.15, 0.2) is 39.1 Å². The second kappa shape index (κ2) is 7.49. The van der Waals surface area contributed by atoms with Crippen molar-refractivity contribution < 1.29 is 4.79 Å². The molecule has 0 aliphatic carbocycles. The van der Waals surface area contributed by atoms with Crippen LogP contribution in [0, 0.1) is 6.92 Å². The van der Waals surface area contributed by atoms with Crippen molar-refractivity contribution in [1.29, 1.82) is 0 Å². The molecule has 1 amide bonds. The number of thioether (sulfide) groups is 2. The van der Waals surface area contributed by atoms with Gasteiger partial charge in [0.15, 0.2) is 0 Å². The number of hydrogen-bond donors (Lipinski definition) is 1. The molecule has 0 saturated carbocycles. The van der Waals surface area contributed by atoms with Gasteiger partial charge in [0, 0.05) is 16.7 Å². The highest BCUT2D eigenvalue weighted by Crippen LogP contribution is 2.37. The van der Waals surface area contributed by atoms with Gasteiger partial charge in [-0.05, 0) is 25.5 Å². The first kappa shape index (κ1) is 17.8. The van der Waals surface area contributed by atoms with Crippen LogP contribution < -0.4 is 16.3 Å². The first-order valence-electron chi connectivity index (χ1n) is 7.87. The first-order chi connectivity index (χ1) is 12.0. The molecule has 0 radical (unpaired) electrons. The zero-order valence-corrected chi connectivity index (χ0v) is 15.6. The molecular formula is C16H19N5O2S2. The molecule has 3 rings (SSSR count). The number of aromatic nitrogens is 3. The number of nitrogens with two attached hydrogens (primary N) is 1. The third kappa shape index (κ3) is 3.82. The van der Waals surface area contributed by atoms with Crippen molar-refractivity contribution >= 4 is 35.1 Å². The fraction of sp³-hybridized carbons (Fsp3) is 0.375. The van der Waals surface area contributed by atoms with Crippen LogP contribution in [0.5, 0.6) is 0 Å². The van der Waals surface area contributed by atoms with E-state index in [0.29, 0.717) is 11.8 Å². The van der Waals surface area contributed by atoms with Gasteiger partial charge in [-0.3, -0.25) is 9.59 Å². The summed E-state index contributed by atoms with van der Waals surface area (Å²) in [7, 11) is 0. The third-order valence-electron chi connectivity index (χ3n) is 3.89. The van der Waals surface area contributed by atoms with Crippen LogP contribution in [0.2, 0.25) is 0 Å². The lowest BCUT2D eigenvalue weighted by Crippen LogP contribution is -2.35. The molecule has 2 heterocycles. The highest BCUT2D eigenvalue weighted by atomic mass is 32.2. The number of hydrogen-bond acceptors (Lipinski definition) is 7.